The molecule has 1 fully saturated rings. The number of rotatable bonds is 3. The summed E-state index contributed by atoms with van der Waals surface area (Å²) >= 11 is 0. The third kappa shape index (κ3) is 2.45. The van der Waals surface area contributed by atoms with E-state index in [-0.39, 0.29) is 17.8 Å². The van der Waals surface area contributed by atoms with E-state index in [9.17, 15) is 13.4 Å². The molecule has 0 saturated carbocycles. The van der Waals surface area contributed by atoms with Gasteiger partial charge in [0.25, 0.3) is 0 Å². The van der Waals surface area contributed by atoms with Gasteiger partial charge in [-0.05, 0) is 36.6 Å². The molecule has 3 nitrogen and oxygen atoms in total. The summed E-state index contributed by atoms with van der Waals surface area (Å²) in [6.07, 6.45) is 1.70. The van der Waals surface area contributed by atoms with Gasteiger partial charge in [-0.25, -0.2) is 12.9 Å². The quantitative estimate of drug-likeness (QED) is 0.772. The second-order valence-electron chi connectivity index (χ2n) is 4.24. The first kappa shape index (κ1) is 12.4. The van der Waals surface area contributed by atoms with Crippen molar-refractivity contribution in [3.63, 3.8) is 0 Å². The minimum atomic E-state index is -1.38. The van der Waals surface area contributed by atoms with Crippen molar-refractivity contribution in [2.24, 2.45) is 5.92 Å². The smallest absolute Gasteiger partial charge is 0.138 e. The Kier molecular flexibility index (Phi) is 3.69. The minimum Gasteiger partial charge on any atom is -0.302 e. The van der Waals surface area contributed by atoms with Crippen molar-refractivity contribution < 1.29 is 13.4 Å². The van der Waals surface area contributed by atoms with Crippen LogP contribution in [0.2, 0.25) is 0 Å². The van der Waals surface area contributed by atoms with Crippen LogP contribution >= 0.6 is 0 Å². The zero-order valence-electron chi connectivity index (χ0n) is 9.51. The lowest BCUT2D eigenvalue weighted by atomic mass is 10.1. The van der Waals surface area contributed by atoms with E-state index in [1.165, 1.54) is 24.3 Å². The van der Waals surface area contributed by atoms with Crippen molar-refractivity contribution in [2.45, 2.75) is 24.3 Å². The van der Waals surface area contributed by atoms with Gasteiger partial charge in [-0.3, -0.25) is 0 Å². The minimum absolute atomic E-state index is 0.219. The van der Waals surface area contributed by atoms with E-state index in [0.29, 0.717) is 11.4 Å². The second-order valence-corrected chi connectivity index (χ2v) is 5.68. The summed E-state index contributed by atoms with van der Waals surface area (Å²) in [5.74, 6) is -0.135. The first-order valence-corrected chi connectivity index (χ1v) is 6.63. The molecule has 0 bridgehead atoms. The fourth-order valence-corrected chi connectivity index (χ4v) is 3.41. The Balaban J connectivity index is 2.20. The summed E-state index contributed by atoms with van der Waals surface area (Å²) in [6, 6.07) is 5.25. The molecule has 92 valence electrons. The maximum absolute atomic E-state index is 12.8. The van der Waals surface area contributed by atoms with E-state index in [1.807, 2.05) is 6.92 Å². The van der Waals surface area contributed by atoms with Crippen molar-refractivity contribution in [3.8, 4) is 0 Å². The average Bonchev–Trinajstić information content (AvgIpc) is 2.70. The largest absolute Gasteiger partial charge is 0.302 e. The summed E-state index contributed by atoms with van der Waals surface area (Å²) < 4.78 is 26.7. The number of carbonyl (C=O) groups excluding carboxylic acids is 1. The maximum atomic E-state index is 12.8. The summed E-state index contributed by atoms with van der Waals surface area (Å²) in [5, 5.41) is 0. The topological polar surface area (TPSA) is 37.4 Å². The molecule has 1 aliphatic heterocycles. The standard InChI is InChI=1S/C12H14FNO2S/c1-9-6-7-14(12(9)8-15)17(16)11-4-2-10(13)3-5-11/h2-5,8-9,12H,6-7H2,1H3/t9-,12?,17?/m0/s1. The van der Waals surface area contributed by atoms with Crippen LogP contribution in [0, 0.1) is 11.7 Å². The SMILES string of the molecule is C[C@H]1CCN(S(=O)c2ccc(F)cc2)C1C=O. The summed E-state index contributed by atoms with van der Waals surface area (Å²) in [6.45, 7) is 2.61. The van der Waals surface area contributed by atoms with Gasteiger partial charge in [0, 0.05) is 6.54 Å². The molecule has 1 heterocycles. The van der Waals surface area contributed by atoms with Crippen LogP contribution in [0.3, 0.4) is 0 Å². The van der Waals surface area contributed by atoms with Crippen molar-refractivity contribution >= 4 is 17.3 Å². The fourth-order valence-electron chi connectivity index (χ4n) is 2.02. The Labute approximate surface area is 102 Å². The molecule has 1 saturated heterocycles. The number of aldehydes is 1. The predicted molar refractivity (Wildman–Crippen MR) is 63.1 cm³/mol. The molecule has 1 aliphatic rings. The first-order chi connectivity index (χ1) is 8.13. The van der Waals surface area contributed by atoms with Gasteiger partial charge in [-0.1, -0.05) is 6.92 Å². The Bertz CT molecular complexity index is 435. The van der Waals surface area contributed by atoms with Crippen LogP contribution in [0.4, 0.5) is 4.39 Å². The summed E-state index contributed by atoms with van der Waals surface area (Å²) in [7, 11) is -1.38. The van der Waals surface area contributed by atoms with E-state index >= 15 is 0 Å². The Morgan fingerprint density at radius 2 is 2.06 bits per heavy atom. The van der Waals surface area contributed by atoms with Gasteiger partial charge in [0.15, 0.2) is 0 Å². The fraction of sp³-hybridized carbons (Fsp3) is 0.417. The third-order valence-electron chi connectivity index (χ3n) is 3.09. The Hall–Kier alpha value is -1.07. The van der Waals surface area contributed by atoms with Gasteiger partial charge in [-0.15, -0.1) is 0 Å². The first-order valence-electron chi connectivity index (χ1n) is 5.53. The van der Waals surface area contributed by atoms with Crippen molar-refractivity contribution in [3.05, 3.63) is 30.1 Å². The molecular formula is C12H14FNO2S. The van der Waals surface area contributed by atoms with Crippen LogP contribution < -0.4 is 0 Å². The van der Waals surface area contributed by atoms with E-state index in [0.717, 1.165) is 12.7 Å². The Morgan fingerprint density at radius 3 is 2.65 bits per heavy atom. The van der Waals surface area contributed by atoms with Crippen LogP contribution in [0.15, 0.2) is 29.2 Å². The van der Waals surface area contributed by atoms with Crippen LogP contribution in [-0.4, -0.2) is 27.4 Å². The molecule has 0 aliphatic carbocycles. The van der Waals surface area contributed by atoms with Gasteiger partial charge in [0.1, 0.15) is 23.1 Å². The predicted octanol–water partition coefficient (Wildman–Crippen LogP) is 1.76. The lowest BCUT2D eigenvalue weighted by molar-refractivity contribution is -0.111. The zero-order chi connectivity index (χ0) is 12.4. The van der Waals surface area contributed by atoms with Crippen LogP contribution in [-0.2, 0) is 15.8 Å². The van der Waals surface area contributed by atoms with Crippen molar-refractivity contribution in [1.29, 1.82) is 0 Å². The number of hydrogen-bond donors (Lipinski definition) is 0. The van der Waals surface area contributed by atoms with E-state index in [4.69, 9.17) is 0 Å². The normalized spacial score (nSPS) is 26.9. The van der Waals surface area contributed by atoms with E-state index in [2.05, 4.69) is 0 Å². The van der Waals surface area contributed by atoms with E-state index < -0.39 is 11.0 Å². The molecule has 0 aromatic heterocycles. The Morgan fingerprint density at radius 1 is 1.41 bits per heavy atom. The number of halogens is 1. The van der Waals surface area contributed by atoms with Crippen molar-refractivity contribution in [1.82, 2.24) is 4.31 Å². The molecule has 0 N–H and O–H groups in total. The summed E-state index contributed by atoms with van der Waals surface area (Å²) in [4.78, 5) is 11.5. The van der Waals surface area contributed by atoms with Gasteiger partial charge in [0.2, 0.25) is 0 Å². The number of benzene rings is 1. The van der Waals surface area contributed by atoms with Crippen molar-refractivity contribution in [2.75, 3.05) is 6.54 Å². The lowest BCUT2D eigenvalue weighted by Gasteiger charge is -2.20. The molecule has 3 atom stereocenters. The number of nitrogens with zero attached hydrogens (tertiary/aromatic N) is 1. The van der Waals surface area contributed by atoms with Gasteiger partial charge < -0.3 is 4.79 Å². The molecule has 0 spiro atoms. The van der Waals surface area contributed by atoms with Gasteiger partial charge >= 0.3 is 0 Å². The molecule has 2 unspecified atom stereocenters. The van der Waals surface area contributed by atoms with Gasteiger partial charge in [0.05, 0.1) is 10.9 Å². The molecule has 0 radical (unpaired) electrons. The maximum Gasteiger partial charge on any atom is 0.138 e. The number of carbonyl (C=O) groups is 1. The zero-order valence-corrected chi connectivity index (χ0v) is 10.3. The molecule has 1 aromatic rings. The van der Waals surface area contributed by atoms with E-state index in [1.54, 1.807) is 4.31 Å². The highest BCUT2D eigenvalue weighted by atomic mass is 32.2. The monoisotopic (exact) mass is 255 g/mol. The van der Waals surface area contributed by atoms with Gasteiger partial charge in [-0.2, -0.15) is 0 Å². The van der Waals surface area contributed by atoms with Crippen LogP contribution in [0.5, 0.6) is 0 Å². The summed E-state index contributed by atoms with van der Waals surface area (Å²) in [5.41, 5.74) is 0. The second kappa shape index (κ2) is 5.06. The van der Waals surface area contributed by atoms with Crippen LogP contribution in [0.1, 0.15) is 13.3 Å². The highest BCUT2D eigenvalue weighted by molar-refractivity contribution is 7.82. The molecule has 17 heavy (non-hydrogen) atoms. The lowest BCUT2D eigenvalue weighted by Crippen LogP contribution is -2.34. The molecule has 1 aromatic carbocycles. The average molecular weight is 255 g/mol. The third-order valence-corrected chi connectivity index (χ3v) is 4.62. The molecule has 5 heteroatoms. The van der Waals surface area contributed by atoms with Crippen LogP contribution in [0.25, 0.3) is 0 Å². The highest BCUT2D eigenvalue weighted by Crippen LogP contribution is 2.26. The molecular weight excluding hydrogens is 241 g/mol. The molecule has 0 amide bonds. The number of hydrogen-bond acceptors (Lipinski definition) is 2. The molecule has 2 rings (SSSR count). The highest BCUT2D eigenvalue weighted by Gasteiger charge is 2.34.